The normalized spacial score (nSPS) is 9.92. The molecule has 0 aliphatic rings. The number of carbonyl (C=O) groups is 2. The number of non-ortho nitro benzene ring substituents is 1. The molecule has 0 radical (unpaired) electrons. The average molecular weight is 333 g/mol. The van der Waals surface area contributed by atoms with E-state index >= 15 is 0 Å². The van der Waals surface area contributed by atoms with Gasteiger partial charge in [0.15, 0.2) is 0 Å². The number of benzene rings is 2. The Hall–Kier alpha value is -3.49. The maximum atomic E-state index is 13.2. The Kier molecular flexibility index (Phi) is 5.05. The fourth-order valence-corrected chi connectivity index (χ4v) is 1.85. The number of nitrogens with zero attached hydrogens (tertiary/aromatic N) is 1. The van der Waals surface area contributed by atoms with Gasteiger partial charge in [0, 0.05) is 17.7 Å². The van der Waals surface area contributed by atoms with Crippen molar-refractivity contribution in [3.8, 4) is 5.75 Å². The third kappa shape index (κ3) is 3.83. The van der Waals surface area contributed by atoms with Crippen molar-refractivity contribution in [3.05, 3.63) is 69.5 Å². The van der Waals surface area contributed by atoms with Crippen LogP contribution in [-0.2, 0) is 0 Å². The zero-order valence-electron chi connectivity index (χ0n) is 12.4. The molecule has 0 aromatic heterocycles. The smallest absolute Gasteiger partial charge is 0.273 e. The molecule has 2 amide bonds. The lowest BCUT2D eigenvalue weighted by atomic mass is 10.2. The van der Waals surface area contributed by atoms with Crippen molar-refractivity contribution in [2.45, 2.75) is 0 Å². The predicted molar refractivity (Wildman–Crippen MR) is 81.0 cm³/mol. The van der Waals surface area contributed by atoms with Gasteiger partial charge < -0.3 is 4.74 Å². The summed E-state index contributed by atoms with van der Waals surface area (Å²) in [5.74, 6) is -1.96. The number of carbonyl (C=O) groups excluding carboxylic acids is 2. The summed E-state index contributed by atoms with van der Waals surface area (Å²) in [6.45, 7) is 0. The highest BCUT2D eigenvalue weighted by Gasteiger charge is 2.15. The minimum absolute atomic E-state index is 0.0958. The van der Waals surface area contributed by atoms with Crippen LogP contribution in [0.5, 0.6) is 5.75 Å². The number of amides is 2. The fourth-order valence-electron chi connectivity index (χ4n) is 1.85. The fraction of sp³-hybridized carbons (Fsp3) is 0.0667. The van der Waals surface area contributed by atoms with E-state index in [9.17, 15) is 24.1 Å². The van der Waals surface area contributed by atoms with Crippen LogP contribution in [0.2, 0.25) is 0 Å². The lowest BCUT2D eigenvalue weighted by molar-refractivity contribution is -0.384. The van der Waals surface area contributed by atoms with Crippen molar-refractivity contribution in [2.75, 3.05) is 7.11 Å². The Balaban J connectivity index is 2.04. The molecular weight excluding hydrogens is 321 g/mol. The molecule has 2 rings (SSSR count). The summed E-state index contributed by atoms with van der Waals surface area (Å²) < 4.78 is 18.2. The van der Waals surface area contributed by atoms with E-state index in [0.29, 0.717) is 0 Å². The highest BCUT2D eigenvalue weighted by molar-refractivity contribution is 6.00. The Labute approximate surface area is 135 Å². The summed E-state index contributed by atoms with van der Waals surface area (Å²) in [4.78, 5) is 33.8. The highest BCUT2D eigenvalue weighted by atomic mass is 19.1. The van der Waals surface area contributed by atoms with Crippen LogP contribution in [0.3, 0.4) is 0 Å². The van der Waals surface area contributed by atoms with Gasteiger partial charge >= 0.3 is 0 Å². The zero-order valence-corrected chi connectivity index (χ0v) is 12.4. The van der Waals surface area contributed by atoms with Gasteiger partial charge in [-0.15, -0.1) is 0 Å². The molecule has 0 saturated carbocycles. The van der Waals surface area contributed by atoms with Crippen molar-refractivity contribution in [1.82, 2.24) is 10.9 Å². The largest absolute Gasteiger partial charge is 0.496 e. The number of methoxy groups -OCH3 is 1. The second kappa shape index (κ2) is 7.18. The van der Waals surface area contributed by atoms with Crippen molar-refractivity contribution >= 4 is 17.5 Å². The number of halogens is 1. The summed E-state index contributed by atoms with van der Waals surface area (Å²) in [7, 11) is 1.32. The first kappa shape index (κ1) is 16.9. The predicted octanol–water partition coefficient (Wildman–Crippen LogP) is 1.82. The van der Waals surface area contributed by atoms with Gasteiger partial charge in [0.05, 0.1) is 17.6 Å². The molecule has 8 nitrogen and oxygen atoms in total. The number of hydrazine groups is 1. The lowest BCUT2D eigenvalue weighted by Crippen LogP contribution is -2.41. The van der Waals surface area contributed by atoms with E-state index in [0.717, 1.165) is 24.3 Å². The van der Waals surface area contributed by atoms with Crippen LogP contribution in [0, 0.1) is 15.9 Å². The summed E-state index contributed by atoms with van der Waals surface area (Å²) in [6, 6.07) is 8.17. The molecule has 0 spiro atoms. The number of nitro groups is 1. The van der Waals surface area contributed by atoms with E-state index in [2.05, 4.69) is 10.9 Å². The number of nitrogens with one attached hydrogen (secondary N) is 2. The first-order chi connectivity index (χ1) is 11.4. The monoisotopic (exact) mass is 333 g/mol. The maximum absolute atomic E-state index is 13.2. The van der Waals surface area contributed by atoms with Gasteiger partial charge in [-0.1, -0.05) is 0 Å². The van der Waals surface area contributed by atoms with Crippen molar-refractivity contribution < 1.29 is 23.6 Å². The van der Waals surface area contributed by atoms with Crippen LogP contribution < -0.4 is 15.6 Å². The van der Waals surface area contributed by atoms with E-state index in [1.165, 1.54) is 25.3 Å². The van der Waals surface area contributed by atoms with Gasteiger partial charge in [0.2, 0.25) is 0 Å². The van der Waals surface area contributed by atoms with Gasteiger partial charge in [-0.3, -0.25) is 30.6 Å². The first-order valence-electron chi connectivity index (χ1n) is 6.61. The molecule has 2 aromatic carbocycles. The number of hydrogen-bond acceptors (Lipinski definition) is 5. The molecule has 0 heterocycles. The molecule has 0 atom stereocenters. The lowest BCUT2D eigenvalue weighted by Gasteiger charge is -2.10. The zero-order chi connectivity index (χ0) is 17.7. The van der Waals surface area contributed by atoms with Crippen molar-refractivity contribution in [1.29, 1.82) is 0 Å². The number of hydrogen-bond donors (Lipinski definition) is 2. The molecule has 0 aliphatic carbocycles. The van der Waals surface area contributed by atoms with Gasteiger partial charge in [0.1, 0.15) is 11.6 Å². The molecule has 9 heteroatoms. The third-order valence-corrected chi connectivity index (χ3v) is 3.04. The van der Waals surface area contributed by atoms with Crippen molar-refractivity contribution in [3.63, 3.8) is 0 Å². The Morgan fingerprint density at radius 3 is 2.29 bits per heavy atom. The van der Waals surface area contributed by atoms with Crippen LogP contribution >= 0.6 is 0 Å². The minimum atomic E-state index is -0.776. The minimum Gasteiger partial charge on any atom is -0.496 e. The van der Waals surface area contributed by atoms with Crippen LogP contribution in [0.1, 0.15) is 20.7 Å². The Bertz CT molecular complexity index is 792. The quantitative estimate of drug-likeness (QED) is 0.655. The van der Waals surface area contributed by atoms with Crippen molar-refractivity contribution in [2.24, 2.45) is 0 Å². The van der Waals surface area contributed by atoms with E-state index in [1.807, 2.05) is 0 Å². The summed E-state index contributed by atoms with van der Waals surface area (Å²) in [5.41, 5.74) is 4.09. The van der Waals surface area contributed by atoms with Crippen LogP contribution in [0.15, 0.2) is 42.5 Å². The summed E-state index contributed by atoms with van der Waals surface area (Å²) in [5, 5.41) is 10.5. The van der Waals surface area contributed by atoms with Gasteiger partial charge in [-0.05, 0) is 30.3 Å². The molecule has 124 valence electrons. The SMILES string of the molecule is COc1ccc(F)cc1C(=O)NNC(=O)c1ccc([N+](=O)[O-])cc1. The Morgan fingerprint density at radius 2 is 1.71 bits per heavy atom. The van der Waals surface area contributed by atoms with Gasteiger partial charge in [0.25, 0.3) is 17.5 Å². The number of rotatable bonds is 4. The van der Waals surface area contributed by atoms with Crippen LogP contribution in [-0.4, -0.2) is 23.8 Å². The Morgan fingerprint density at radius 1 is 1.08 bits per heavy atom. The summed E-state index contributed by atoms with van der Waals surface area (Å²) >= 11 is 0. The van der Waals surface area contributed by atoms with Crippen LogP contribution in [0.4, 0.5) is 10.1 Å². The molecule has 24 heavy (non-hydrogen) atoms. The molecular formula is C15H12FN3O5. The topological polar surface area (TPSA) is 111 Å². The van der Waals surface area contributed by atoms with E-state index in [1.54, 1.807) is 0 Å². The number of nitro benzene ring substituents is 1. The van der Waals surface area contributed by atoms with Crippen LogP contribution in [0.25, 0.3) is 0 Å². The first-order valence-corrected chi connectivity index (χ1v) is 6.61. The second-order valence-electron chi connectivity index (χ2n) is 4.56. The van der Waals surface area contributed by atoms with E-state index in [4.69, 9.17) is 4.74 Å². The molecule has 0 bridgehead atoms. The molecule has 2 aromatic rings. The van der Waals surface area contributed by atoms with Gasteiger partial charge in [-0.25, -0.2) is 4.39 Å². The third-order valence-electron chi connectivity index (χ3n) is 3.04. The molecule has 0 unspecified atom stereocenters. The highest BCUT2D eigenvalue weighted by Crippen LogP contribution is 2.19. The second-order valence-corrected chi connectivity index (χ2v) is 4.56. The summed E-state index contributed by atoms with van der Waals surface area (Å²) in [6.07, 6.45) is 0. The average Bonchev–Trinajstić information content (AvgIpc) is 2.59. The molecule has 0 saturated heterocycles. The molecule has 0 fully saturated rings. The molecule has 0 aliphatic heterocycles. The maximum Gasteiger partial charge on any atom is 0.273 e. The standard InChI is InChI=1S/C15H12FN3O5/c1-24-13-7-4-10(16)8-12(13)15(21)18-17-14(20)9-2-5-11(6-3-9)19(22)23/h2-8H,1H3,(H,17,20)(H,18,21). The number of ether oxygens (including phenoxy) is 1. The van der Waals surface area contributed by atoms with Gasteiger partial charge in [-0.2, -0.15) is 0 Å². The van der Waals surface area contributed by atoms with E-state index < -0.39 is 22.6 Å². The van der Waals surface area contributed by atoms with E-state index in [-0.39, 0.29) is 22.6 Å². The molecule has 2 N–H and O–H groups in total.